The van der Waals surface area contributed by atoms with Crippen molar-refractivity contribution in [1.29, 1.82) is 0 Å². The van der Waals surface area contributed by atoms with Crippen LogP contribution in [-0.2, 0) is 24.9 Å². The monoisotopic (exact) mass is 273 g/mol. The molecule has 39 valence electrons. The zero-order valence-electron chi connectivity index (χ0n) is 3.55. The summed E-state index contributed by atoms with van der Waals surface area (Å²) in [5.74, 6) is 0.0926. The molecule has 0 saturated carbocycles. The average Bonchev–Trinajstić information content (AvgIpc) is 1.86. The normalized spacial score (nSPS) is 14.6. The van der Waals surface area contributed by atoms with Gasteiger partial charge in [-0.05, 0) is 12.2 Å². The Balaban J connectivity index is 0.000000360. The fourth-order valence-electron chi connectivity index (χ4n) is 0.356. The molecule has 0 saturated heterocycles. The summed E-state index contributed by atoms with van der Waals surface area (Å²) in [5, 5.41) is 0. The van der Waals surface area contributed by atoms with E-state index in [0.717, 1.165) is 0 Å². The quantitative estimate of drug-likeness (QED) is 0.634. The van der Waals surface area contributed by atoms with Crippen LogP contribution in [0.3, 0.4) is 0 Å². The van der Waals surface area contributed by atoms with Gasteiger partial charge in [-0.25, -0.2) is 0 Å². The molecule has 0 aromatic heterocycles. The second-order valence-corrected chi connectivity index (χ2v) is 1.12. The van der Waals surface area contributed by atoms with Crippen molar-refractivity contribution in [3.63, 3.8) is 0 Å². The number of rotatable bonds is 0. The molecule has 1 rings (SSSR count). The molecule has 1 aliphatic carbocycles. The number of carbonyl (C=O) groups excluding carboxylic acids is 1. The van der Waals surface area contributed by atoms with E-state index in [9.17, 15) is 4.79 Å². The van der Waals surface area contributed by atoms with Gasteiger partial charge in [-0.1, -0.05) is 12.2 Å². The van der Waals surface area contributed by atoms with Gasteiger partial charge in [-0.3, -0.25) is 4.79 Å². The minimum absolute atomic E-state index is 0. The third kappa shape index (κ3) is 1.81. The van der Waals surface area contributed by atoms with E-state index in [1.165, 1.54) is 12.2 Å². The smallest absolute Gasteiger partial charge is 0.178 e. The fraction of sp³-hybridized carbons (Fsp3) is 0. The van der Waals surface area contributed by atoms with Gasteiger partial charge < -0.3 is 0 Å². The molecular formula is C5H4IrO. The third-order valence-corrected chi connectivity index (χ3v) is 0.632. The molecule has 0 bridgehead atoms. The van der Waals surface area contributed by atoms with Gasteiger partial charge in [0.2, 0.25) is 0 Å². The second kappa shape index (κ2) is 2.89. The van der Waals surface area contributed by atoms with Crippen molar-refractivity contribution in [2.24, 2.45) is 0 Å². The first-order valence-corrected chi connectivity index (χ1v) is 1.78. The summed E-state index contributed by atoms with van der Waals surface area (Å²) < 4.78 is 0. The van der Waals surface area contributed by atoms with Crippen molar-refractivity contribution in [3.05, 3.63) is 24.3 Å². The average molecular weight is 272 g/mol. The van der Waals surface area contributed by atoms with E-state index in [0.29, 0.717) is 0 Å². The molecule has 0 N–H and O–H groups in total. The van der Waals surface area contributed by atoms with E-state index >= 15 is 0 Å². The number of ketones is 1. The van der Waals surface area contributed by atoms with Gasteiger partial charge in [0.1, 0.15) is 0 Å². The molecule has 0 heterocycles. The maximum atomic E-state index is 10.1. The standard InChI is InChI=1S/C5H4O.Ir/c6-5-3-1-2-4-5;/h1-4H;. The topological polar surface area (TPSA) is 17.1 Å². The molecule has 0 aromatic carbocycles. The molecule has 0 unspecified atom stereocenters. The van der Waals surface area contributed by atoms with Gasteiger partial charge in [0.15, 0.2) is 5.78 Å². The molecule has 0 atom stereocenters. The molecule has 0 fully saturated rings. The van der Waals surface area contributed by atoms with Crippen LogP contribution in [-0.4, -0.2) is 5.78 Å². The van der Waals surface area contributed by atoms with Crippen LogP contribution in [0.1, 0.15) is 0 Å². The number of carbonyl (C=O) groups is 1. The van der Waals surface area contributed by atoms with Crippen LogP contribution in [0.2, 0.25) is 0 Å². The largest absolute Gasteiger partial charge is 0.290 e. The van der Waals surface area contributed by atoms with Crippen LogP contribution in [0.5, 0.6) is 0 Å². The summed E-state index contributed by atoms with van der Waals surface area (Å²) in [5.41, 5.74) is 0. The Morgan fingerprint density at radius 1 is 1.14 bits per heavy atom. The summed E-state index contributed by atoms with van der Waals surface area (Å²) in [6, 6.07) is 0. The zero-order valence-corrected chi connectivity index (χ0v) is 5.95. The second-order valence-electron chi connectivity index (χ2n) is 1.12. The maximum Gasteiger partial charge on any atom is 0.178 e. The van der Waals surface area contributed by atoms with Gasteiger partial charge in [-0.15, -0.1) is 0 Å². The van der Waals surface area contributed by atoms with Crippen LogP contribution in [0.25, 0.3) is 0 Å². The molecule has 0 aliphatic heterocycles. The fourth-order valence-corrected chi connectivity index (χ4v) is 0.356. The van der Waals surface area contributed by atoms with Crippen molar-refractivity contribution in [1.82, 2.24) is 0 Å². The van der Waals surface area contributed by atoms with Gasteiger partial charge in [-0.2, -0.15) is 0 Å². The van der Waals surface area contributed by atoms with Crippen molar-refractivity contribution >= 4 is 5.78 Å². The molecule has 2 heteroatoms. The first-order chi connectivity index (χ1) is 2.89. The molecule has 7 heavy (non-hydrogen) atoms. The summed E-state index contributed by atoms with van der Waals surface area (Å²) in [4.78, 5) is 10.1. The molecule has 1 nitrogen and oxygen atoms in total. The van der Waals surface area contributed by atoms with Gasteiger partial charge >= 0.3 is 0 Å². The van der Waals surface area contributed by atoms with Crippen molar-refractivity contribution in [2.75, 3.05) is 0 Å². The van der Waals surface area contributed by atoms with Crippen LogP contribution < -0.4 is 0 Å². The Bertz CT molecular complexity index is 110. The van der Waals surface area contributed by atoms with Crippen LogP contribution >= 0.6 is 0 Å². The van der Waals surface area contributed by atoms with Crippen LogP contribution in [0.15, 0.2) is 24.3 Å². The minimum Gasteiger partial charge on any atom is -0.290 e. The summed E-state index contributed by atoms with van der Waals surface area (Å²) >= 11 is 0. The first kappa shape index (κ1) is 6.80. The van der Waals surface area contributed by atoms with E-state index in [1.807, 2.05) is 0 Å². The van der Waals surface area contributed by atoms with E-state index < -0.39 is 0 Å². The van der Waals surface area contributed by atoms with Gasteiger partial charge in [0.05, 0.1) is 0 Å². The van der Waals surface area contributed by atoms with Crippen LogP contribution in [0.4, 0.5) is 0 Å². The Labute approximate surface area is 55.5 Å². The van der Waals surface area contributed by atoms with Gasteiger partial charge in [0.25, 0.3) is 0 Å². The number of hydrogen-bond donors (Lipinski definition) is 0. The minimum atomic E-state index is 0. The molecule has 1 aliphatic rings. The number of allylic oxidation sites excluding steroid dienone is 4. The molecule has 1 radical (unpaired) electrons. The molecular weight excluding hydrogens is 268 g/mol. The van der Waals surface area contributed by atoms with Gasteiger partial charge in [0, 0.05) is 20.1 Å². The predicted octanol–water partition coefficient (Wildman–Crippen LogP) is 0.679. The Morgan fingerprint density at radius 3 is 1.71 bits per heavy atom. The SMILES string of the molecule is O=C1C=CC=C1.[Ir]. The molecule has 0 spiro atoms. The summed E-state index contributed by atoms with van der Waals surface area (Å²) in [6.45, 7) is 0. The first-order valence-electron chi connectivity index (χ1n) is 1.78. The third-order valence-electron chi connectivity index (χ3n) is 0.632. The van der Waals surface area contributed by atoms with E-state index in [4.69, 9.17) is 0 Å². The zero-order chi connectivity index (χ0) is 4.41. The number of hydrogen-bond acceptors (Lipinski definition) is 1. The van der Waals surface area contributed by atoms with Crippen LogP contribution in [0, 0.1) is 0 Å². The Hall–Kier alpha value is -0.201. The van der Waals surface area contributed by atoms with Crippen molar-refractivity contribution in [3.8, 4) is 0 Å². The summed E-state index contributed by atoms with van der Waals surface area (Å²) in [7, 11) is 0. The van der Waals surface area contributed by atoms with E-state index in [1.54, 1.807) is 12.2 Å². The van der Waals surface area contributed by atoms with E-state index in [-0.39, 0.29) is 25.9 Å². The summed E-state index contributed by atoms with van der Waals surface area (Å²) in [6.07, 6.45) is 6.50. The predicted molar refractivity (Wildman–Crippen MR) is 23.3 cm³/mol. The van der Waals surface area contributed by atoms with Crippen molar-refractivity contribution < 1.29 is 24.9 Å². The van der Waals surface area contributed by atoms with Crippen molar-refractivity contribution in [2.45, 2.75) is 0 Å². The molecule has 0 amide bonds. The molecule has 0 aromatic rings. The van der Waals surface area contributed by atoms with E-state index in [2.05, 4.69) is 0 Å². The Morgan fingerprint density at radius 2 is 1.57 bits per heavy atom. The maximum absolute atomic E-state index is 10.1. The Kier molecular flexibility index (Phi) is 2.81.